The lowest BCUT2D eigenvalue weighted by atomic mass is 10.2. The minimum Gasteiger partial charge on any atom is -0.262 e. The lowest BCUT2D eigenvalue weighted by molar-refractivity contribution is 0.584. The SMILES string of the molecule is Cc1ccc(S(=O)(=O)NN=C(Cl)c2c(Cl)cncc2Cl)cc1. The first-order chi connectivity index (χ1) is 10.3. The summed E-state index contributed by atoms with van der Waals surface area (Å²) in [5, 5.41) is 3.77. The van der Waals surface area contributed by atoms with E-state index in [9.17, 15) is 8.42 Å². The van der Waals surface area contributed by atoms with Gasteiger partial charge in [-0.3, -0.25) is 4.98 Å². The highest BCUT2D eigenvalue weighted by atomic mass is 35.5. The molecule has 0 aliphatic rings. The molecule has 22 heavy (non-hydrogen) atoms. The highest BCUT2D eigenvalue weighted by Crippen LogP contribution is 2.25. The van der Waals surface area contributed by atoms with E-state index in [0.717, 1.165) is 5.56 Å². The molecule has 2 rings (SSSR count). The summed E-state index contributed by atoms with van der Waals surface area (Å²) < 4.78 is 24.2. The highest BCUT2D eigenvalue weighted by Gasteiger charge is 2.15. The smallest absolute Gasteiger partial charge is 0.262 e. The molecule has 0 aliphatic carbocycles. The van der Waals surface area contributed by atoms with Crippen LogP contribution in [0.4, 0.5) is 0 Å². The minimum atomic E-state index is -3.83. The molecule has 0 atom stereocenters. The fraction of sp³-hybridized carbons (Fsp3) is 0.0769. The summed E-state index contributed by atoms with van der Waals surface area (Å²) in [4.78, 5) is 5.88. The molecule has 1 N–H and O–H groups in total. The lowest BCUT2D eigenvalue weighted by Gasteiger charge is -2.06. The molecule has 0 bridgehead atoms. The number of nitrogens with one attached hydrogen (secondary N) is 1. The molecule has 0 spiro atoms. The molecule has 1 aromatic heterocycles. The van der Waals surface area contributed by atoms with Crippen LogP contribution in [0.1, 0.15) is 11.1 Å². The monoisotopic (exact) mass is 377 g/mol. The molecule has 0 fully saturated rings. The van der Waals surface area contributed by atoms with E-state index in [0.29, 0.717) is 0 Å². The van der Waals surface area contributed by atoms with Crippen molar-refractivity contribution in [2.45, 2.75) is 11.8 Å². The van der Waals surface area contributed by atoms with E-state index in [1.54, 1.807) is 12.1 Å². The van der Waals surface area contributed by atoms with Crippen molar-refractivity contribution in [3.05, 3.63) is 57.8 Å². The van der Waals surface area contributed by atoms with Crippen LogP contribution in [-0.2, 0) is 10.0 Å². The molecule has 0 radical (unpaired) electrons. The Hall–Kier alpha value is -1.34. The molecule has 0 aliphatic heterocycles. The van der Waals surface area contributed by atoms with Crippen molar-refractivity contribution in [1.82, 2.24) is 9.82 Å². The Kier molecular flexibility index (Phi) is 5.28. The van der Waals surface area contributed by atoms with Crippen LogP contribution < -0.4 is 4.83 Å². The van der Waals surface area contributed by atoms with Crippen molar-refractivity contribution in [3.8, 4) is 0 Å². The zero-order valence-electron chi connectivity index (χ0n) is 11.2. The number of sulfonamides is 1. The number of pyridine rings is 1. The molecule has 1 heterocycles. The lowest BCUT2D eigenvalue weighted by Crippen LogP contribution is -2.19. The second-order valence-corrected chi connectivity index (χ2v) is 7.12. The van der Waals surface area contributed by atoms with E-state index in [-0.39, 0.29) is 25.7 Å². The average molecular weight is 379 g/mol. The van der Waals surface area contributed by atoms with Gasteiger partial charge in [-0.2, -0.15) is 18.4 Å². The molecule has 0 saturated carbocycles. The Balaban J connectivity index is 2.29. The summed E-state index contributed by atoms with van der Waals surface area (Å²) in [6.07, 6.45) is 2.66. The van der Waals surface area contributed by atoms with Crippen LogP contribution in [0.5, 0.6) is 0 Å². The molecule has 0 saturated heterocycles. The third-order valence-electron chi connectivity index (χ3n) is 2.65. The number of hydrazone groups is 1. The van der Waals surface area contributed by atoms with Crippen molar-refractivity contribution >= 4 is 50.0 Å². The summed E-state index contributed by atoms with van der Waals surface area (Å²) in [5.41, 5.74) is 1.14. The summed E-state index contributed by atoms with van der Waals surface area (Å²) in [7, 11) is -3.83. The predicted octanol–water partition coefficient (Wildman–Crippen LogP) is 3.58. The zero-order valence-corrected chi connectivity index (χ0v) is 14.3. The summed E-state index contributed by atoms with van der Waals surface area (Å²) in [6, 6.07) is 6.29. The van der Waals surface area contributed by atoms with Gasteiger partial charge in [0.1, 0.15) is 0 Å². The van der Waals surface area contributed by atoms with Crippen LogP contribution in [-0.4, -0.2) is 18.6 Å². The van der Waals surface area contributed by atoms with Crippen LogP contribution in [0.2, 0.25) is 10.0 Å². The van der Waals surface area contributed by atoms with Gasteiger partial charge in [0.15, 0.2) is 5.17 Å². The van der Waals surface area contributed by atoms with Gasteiger partial charge in [0, 0.05) is 12.4 Å². The summed E-state index contributed by atoms with van der Waals surface area (Å²) in [5.74, 6) is 0. The molecule has 0 amide bonds. The number of aromatic nitrogens is 1. The third-order valence-corrected chi connectivity index (χ3v) is 4.73. The fourth-order valence-corrected chi connectivity index (χ4v) is 3.28. The molecule has 9 heteroatoms. The Morgan fingerprint density at radius 3 is 2.23 bits per heavy atom. The van der Waals surface area contributed by atoms with Gasteiger partial charge in [0.25, 0.3) is 10.0 Å². The van der Waals surface area contributed by atoms with Crippen molar-refractivity contribution in [2.24, 2.45) is 5.10 Å². The topological polar surface area (TPSA) is 71.4 Å². The number of rotatable bonds is 4. The van der Waals surface area contributed by atoms with E-state index >= 15 is 0 Å². The molecular formula is C13H10Cl3N3O2S. The average Bonchev–Trinajstić information content (AvgIpc) is 2.45. The Morgan fingerprint density at radius 1 is 1.14 bits per heavy atom. The van der Waals surface area contributed by atoms with E-state index in [2.05, 4.69) is 10.1 Å². The van der Waals surface area contributed by atoms with Gasteiger partial charge < -0.3 is 0 Å². The van der Waals surface area contributed by atoms with Crippen molar-refractivity contribution in [2.75, 3.05) is 0 Å². The Bertz CT molecular complexity index is 801. The maximum atomic E-state index is 12.1. The van der Waals surface area contributed by atoms with Gasteiger partial charge >= 0.3 is 0 Å². The quantitative estimate of drug-likeness (QED) is 0.653. The van der Waals surface area contributed by atoms with Crippen molar-refractivity contribution in [1.29, 1.82) is 0 Å². The Morgan fingerprint density at radius 2 is 1.68 bits per heavy atom. The van der Waals surface area contributed by atoms with Crippen LogP contribution in [0.15, 0.2) is 46.7 Å². The maximum Gasteiger partial charge on any atom is 0.276 e. The second kappa shape index (κ2) is 6.83. The number of hydrogen-bond donors (Lipinski definition) is 1. The van der Waals surface area contributed by atoms with E-state index in [4.69, 9.17) is 34.8 Å². The largest absolute Gasteiger partial charge is 0.276 e. The molecule has 0 unspecified atom stereocenters. The molecule has 5 nitrogen and oxygen atoms in total. The van der Waals surface area contributed by atoms with Gasteiger partial charge in [-0.15, -0.1) is 0 Å². The minimum absolute atomic E-state index is 0.0678. The van der Waals surface area contributed by atoms with Gasteiger partial charge in [-0.1, -0.05) is 52.5 Å². The number of nitrogens with zero attached hydrogens (tertiary/aromatic N) is 2. The predicted molar refractivity (Wildman–Crippen MR) is 88.1 cm³/mol. The zero-order chi connectivity index (χ0) is 16.3. The van der Waals surface area contributed by atoms with Crippen LogP contribution >= 0.6 is 34.8 Å². The number of benzene rings is 1. The van der Waals surface area contributed by atoms with Gasteiger partial charge in [-0.05, 0) is 19.1 Å². The summed E-state index contributed by atoms with van der Waals surface area (Å²) >= 11 is 17.8. The molecule has 1 aromatic carbocycles. The van der Waals surface area contributed by atoms with Crippen molar-refractivity contribution in [3.63, 3.8) is 0 Å². The van der Waals surface area contributed by atoms with Crippen molar-refractivity contribution < 1.29 is 8.42 Å². The maximum absolute atomic E-state index is 12.1. The van der Waals surface area contributed by atoms with Gasteiger partial charge in [-0.25, -0.2) is 0 Å². The standard InChI is InChI=1S/C13H10Cl3N3O2S/c1-8-2-4-9(5-3-8)22(20,21)19-18-13(16)12-10(14)6-17-7-11(12)15/h2-7,19H,1H3. The van der Waals surface area contributed by atoms with Crippen LogP contribution in [0.3, 0.4) is 0 Å². The first-order valence-electron chi connectivity index (χ1n) is 5.92. The molecule has 2 aromatic rings. The fourth-order valence-electron chi connectivity index (χ4n) is 1.53. The van der Waals surface area contributed by atoms with E-state index in [1.165, 1.54) is 24.5 Å². The number of halogens is 3. The van der Waals surface area contributed by atoms with Crippen LogP contribution in [0, 0.1) is 6.92 Å². The van der Waals surface area contributed by atoms with E-state index in [1.807, 2.05) is 11.8 Å². The van der Waals surface area contributed by atoms with Crippen LogP contribution in [0.25, 0.3) is 0 Å². The van der Waals surface area contributed by atoms with Gasteiger partial charge in [0.05, 0.1) is 20.5 Å². The van der Waals surface area contributed by atoms with E-state index < -0.39 is 10.0 Å². The Labute approximate surface area is 143 Å². The molecular weight excluding hydrogens is 369 g/mol. The number of hydrogen-bond acceptors (Lipinski definition) is 4. The molecule has 116 valence electrons. The summed E-state index contributed by atoms with van der Waals surface area (Å²) in [6.45, 7) is 1.85. The first-order valence-corrected chi connectivity index (χ1v) is 8.54. The second-order valence-electron chi connectivity index (χ2n) is 4.29. The highest BCUT2D eigenvalue weighted by molar-refractivity contribution is 7.89. The normalized spacial score (nSPS) is 12.3. The third kappa shape index (κ3) is 3.89. The number of aryl methyl sites for hydroxylation is 1. The van der Waals surface area contributed by atoms with Gasteiger partial charge in [0.2, 0.25) is 0 Å². The first kappa shape index (κ1) is 17.0.